The summed E-state index contributed by atoms with van der Waals surface area (Å²) in [4.78, 5) is 6.62. The van der Waals surface area contributed by atoms with Gasteiger partial charge in [0.05, 0.1) is 12.6 Å². The van der Waals surface area contributed by atoms with Crippen LogP contribution in [0.3, 0.4) is 0 Å². The van der Waals surface area contributed by atoms with Gasteiger partial charge in [0.25, 0.3) is 0 Å². The number of benzene rings is 2. The summed E-state index contributed by atoms with van der Waals surface area (Å²) in [6, 6.07) is 17.2. The van der Waals surface area contributed by atoms with Gasteiger partial charge in [-0.2, -0.15) is 0 Å². The van der Waals surface area contributed by atoms with Crippen molar-refractivity contribution in [3.8, 4) is 0 Å². The van der Waals surface area contributed by atoms with Crippen molar-refractivity contribution in [2.45, 2.75) is 26.3 Å². The first-order chi connectivity index (χ1) is 10.2. The van der Waals surface area contributed by atoms with E-state index in [9.17, 15) is 0 Å². The molecule has 0 saturated heterocycles. The second-order valence-electron chi connectivity index (χ2n) is 5.47. The van der Waals surface area contributed by atoms with E-state index in [-0.39, 0.29) is 6.04 Å². The van der Waals surface area contributed by atoms with E-state index in [2.05, 4.69) is 72.3 Å². The number of nitrogens with zero attached hydrogens (tertiary/aromatic N) is 2. The molecule has 1 heterocycles. The van der Waals surface area contributed by atoms with Crippen molar-refractivity contribution in [2.24, 2.45) is 10.7 Å². The molecular weight excluding hydrogens is 258 g/mol. The summed E-state index contributed by atoms with van der Waals surface area (Å²) in [6.07, 6.45) is 1.02. The smallest absolute Gasteiger partial charge is 0.196 e. The van der Waals surface area contributed by atoms with Gasteiger partial charge < -0.3 is 10.6 Å². The maximum absolute atomic E-state index is 6.14. The van der Waals surface area contributed by atoms with Crippen LogP contribution in [-0.2, 0) is 6.42 Å². The Morgan fingerprint density at radius 3 is 2.57 bits per heavy atom. The molecule has 0 bridgehead atoms. The second-order valence-corrected chi connectivity index (χ2v) is 5.47. The minimum absolute atomic E-state index is 0.198. The SMILES string of the molecule is CCc1ccccc1C1CN=C(N)N1c1ccc(C)cc1. The molecule has 0 fully saturated rings. The lowest BCUT2D eigenvalue weighted by atomic mass is 9.97. The molecule has 1 atom stereocenters. The lowest BCUT2D eigenvalue weighted by Crippen LogP contribution is -2.36. The summed E-state index contributed by atoms with van der Waals surface area (Å²) in [5.41, 5.74) is 11.2. The minimum Gasteiger partial charge on any atom is -0.369 e. The first-order valence-electron chi connectivity index (χ1n) is 7.44. The summed E-state index contributed by atoms with van der Waals surface area (Å²) in [6.45, 7) is 5.00. The molecule has 0 aliphatic carbocycles. The number of rotatable bonds is 3. The molecule has 0 amide bonds. The van der Waals surface area contributed by atoms with Gasteiger partial charge in [0.1, 0.15) is 0 Å². The van der Waals surface area contributed by atoms with E-state index in [1.54, 1.807) is 0 Å². The van der Waals surface area contributed by atoms with Gasteiger partial charge in [-0.15, -0.1) is 0 Å². The van der Waals surface area contributed by atoms with Crippen molar-refractivity contribution in [1.82, 2.24) is 0 Å². The quantitative estimate of drug-likeness (QED) is 0.935. The monoisotopic (exact) mass is 279 g/mol. The van der Waals surface area contributed by atoms with Crippen LogP contribution in [0.4, 0.5) is 5.69 Å². The zero-order valence-corrected chi connectivity index (χ0v) is 12.6. The van der Waals surface area contributed by atoms with Crippen LogP contribution >= 0.6 is 0 Å². The van der Waals surface area contributed by atoms with Crippen molar-refractivity contribution >= 4 is 11.6 Å². The van der Waals surface area contributed by atoms with E-state index in [1.807, 2.05) is 0 Å². The van der Waals surface area contributed by atoms with Crippen LogP contribution in [0.5, 0.6) is 0 Å². The third kappa shape index (κ3) is 2.51. The van der Waals surface area contributed by atoms with Crippen LogP contribution in [-0.4, -0.2) is 12.5 Å². The summed E-state index contributed by atoms with van der Waals surface area (Å²) in [5, 5.41) is 0. The van der Waals surface area contributed by atoms with Gasteiger partial charge in [-0.3, -0.25) is 4.99 Å². The largest absolute Gasteiger partial charge is 0.369 e. The molecule has 3 heteroatoms. The van der Waals surface area contributed by atoms with E-state index in [0.29, 0.717) is 5.96 Å². The van der Waals surface area contributed by atoms with Crippen LogP contribution in [0.2, 0.25) is 0 Å². The van der Waals surface area contributed by atoms with Crippen molar-refractivity contribution in [1.29, 1.82) is 0 Å². The molecule has 0 spiro atoms. The number of anilines is 1. The van der Waals surface area contributed by atoms with Crippen LogP contribution in [0.25, 0.3) is 0 Å². The average molecular weight is 279 g/mol. The van der Waals surface area contributed by atoms with Crippen molar-refractivity contribution < 1.29 is 0 Å². The molecule has 2 aromatic rings. The Bertz CT molecular complexity index is 658. The number of aryl methyl sites for hydroxylation is 2. The van der Waals surface area contributed by atoms with Crippen LogP contribution in [0.15, 0.2) is 53.5 Å². The van der Waals surface area contributed by atoms with Gasteiger partial charge in [0, 0.05) is 5.69 Å². The van der Waals surface area contributed by atoms with Crippen molar-refractivity contribution in [2.75, 3.05) is 11.4 Å². The van der Waals surface area contributed by atoms with Gasteiger partial charge in [0.15, 0.2) is 5.96 Å². The molecule has 2 N–H and O–H groups in total. The molecule has 1 aliphatic heterocycles. The number of hydrogen-bond donors (Lipinski definition) is 1. The summed E-state index contributed by atoms with van der Waals surface area (Å²) in [5.74, 6) is 0.606. The molecule has 0 radical (unpaired) electrons. The standard InChI is InChI=1S/C18H21N3/c1-3-14-6-4-5-7-16(14)17-12-20-18(19)21(17)15-10-8-13(2)9-11-15/h4-11,17H,3,12H2,1-2H3,(H2,19,20). The highest BCUT2D eigenvalue weighted by Gasteiger charge is 2.29. The topological polar surface area (TPSA) is 41.6 Å². The molecule has 1 unspecified atom stereocenters. The molecule has 3 nitrogen and oxygen atoms in total. The molecule has 108 valence electrons. The third-order valence-corrected chi connectivity index (χ3v) is 4.09. The lowest BCUT2D eigenvalue weighted by Gasteiger charge is -2.28. The third-order valence-electron chi connectivity index (χ3n) is 4.09. The molecule has 2 aromatic carbocycles. The number of nitrogens with two attached hydrogens (primary N) is 1. The maximum Gasteiger partial charge on any atom is 0.196 e. The second kappa shape index (κ2) is 5.60. The van der Waals surface area contributed by atoms with E-state index in [4.69, 9.17) is 5.73 Å². The van der Waals surface area contributed by atoms with E-state index < -0.39 is 0 Å². The normalized spacial score (nSPS) is 17.9. The Morgan fingerprint density at radius 1 is 1.14 bits per heavy atom. The van der Waals surface area contributed by atoms with E-state index in [0.717, 1.165) is 18.7 Å². The highest BCUT2D eigenvalue weighted by Crippen LogP contribution is 2.33. The summed E-state index contributed by atoms with van der Waals surface area (Å²) < 4.78 is 0. The fraction of sp³-hybridized carbons (Fsp3) is 0.278. The number of aliphatic imine (C=N–C) groups is 1. The van der Waals surface area contributed by atoms with Crippen molar-refractivity contribution in [3.05, 3.63) is 65.2 Å². The van der Waals surface area contributed by atoms with E-state index in [1.165, 1.54) is 16.7 Å². The Kier molecular flexibility index (Phi) is 3.65. The average Bonchev–Trinajstić information content (AvgIpc) is 2.90. The van der Waals surface area contributed by atoms with Gasteiger partial charge in [0.2, 0.25) is 0 Å². The highest BCUT2D eigenvalue weighted by molar-refractivity contribution is 5.97. The van der Waals surface area contributed by atoms with Crippen LogP contribution in [0, 0.1) is 6.92 Å². The zero-order valence-electron chi connectivity index (χ0n) is 12.6. The maximum atomic E-state index is 6.14. The fourth-order valence-electron chi connectivity index (χ4n) is 2.93. The predicted molar refractivity (Wildman–Crippen MR) is 88.7 cm³/mol. The summed E-state index contributed by atoms with van der Waals surface area (Å²) in [7, 11) is 0. The number of hydrogen-bond acceptors (Lipinski definition) is 3. The molecule has 3 rings (SSSR count). The lowest BCUT2D eigenvalue weighted by molar-refractivity contribution is 0.756. The van der Waals surface area contributed by atoms with Crippen molar-refractivity contribution in [3.63, 3.8) is 0 Å². The Hall–Kier alpha value is -2.29. The first kappa shape index (κ1) is 13.7. The van der Waals surface area contributed by atoms with E-state index >= 15 is 0 Å². The highest BCUT2D eigenvalue weighted by atomic mass is 15.3. The van der Waals surface area contributed by atoms with Crippen LogP contribution < -0.4 is 10.6 Å². The molecular formula is C18H21N3. The van der Waals surface area contributed by atoms with Gasteiger partial charge in [-0.05, 0) is 36.6 Å². The minimum atomic E-state index is 0.198. The fourth-order valence-corrected chi connectivity index (χ4v) is 2.93. The number of guanidine groups is 1. The van der Waals surface area contributed by atoms with Crippen LogP contribution in [0.1, 0.15) is 29.7 Å². The molecule has 21 heavy (non-hydrogen) atoms. The van der Waals surface area contributed by atoms with Gasteiger partial charge in [-0.1, -0.05) is 48.9 Å². The molecule has 0 aromatic heterocycles. The zero-order chi connectivity index (χ0) is 14.8. The predicted octanol–water partition coefficient (Wildman–Crippen LogP) is 3.43. The summed E-state index contributed by atoms with van der Waals surface area (Å²) >= 11 is 0. The van der Waals surface area contributed by atoms with Gasteiger partial charge >= 0.3 is 0 Å². The Morgan fingerprint density at radius 2 is 1.86 bits per heavy atom. The molecule has 0 saturated carbocycles. The first-order valence-corrected chi connectivity index (χ1v) is 7.44. The van der Waals surface area contributed by atoms with Gasteiger partial charge in [-0.25, -0.2) is 0 Å². The Labute approximate surface area is 126 Å². The Balaban J connectivity index is 2.01. The molecule has 1 aliphatic rings.